The molecule has 1 atom stereocenters. The topological polar surface area (TPSA) is 89.4 Å². The van der Waals surface area contributed by atoms with E-state index in [0.717, 1.165) is 5.75 Å². The molecule has 0 aliphatic carbocycles. The Bertz CT molecular complexity index is 246. The summed E-state index contributed by atoms with van der Waals surface area (Å²) in [5, 5.41) is 0. The van der Waals surface area contributed by atoms with E-state index < -0.39 is 11.9 Å². The van der Waals surface area contributed by atoms with Gasteiger partial charge in [0.25, 0.3) is 0 Å². The Morgan fingerprint density at radius 3 is 2.31 bits per heavy atom. The SMILES string of the molecule is CSCC[C@H](N)C(=O)N(CC(N)=O)C(C)C. The molecule has 16 heavy (non-hydrogen) atoms. The van der Waals surface area contributed by atoms with Crippen LogP contribution in [0.15, 0.2) is 0 Å². The van der Waals surface area contributed by atoms with E-state index in [1.54, 1.807) is 11.8 Å². The second-order valence-corrected chi connectivity index (χ2v) is 4.90. The fraction of sp³-hybridized carbons (Fsp3) is 0.800. The van der Waals surface area contributed by atoms with Crippen molar-refractivity contribution in [1.29, 1.82) is 0 Å². The Kier molecular flexibility index (Phi) is 7.16. The average molecular weight is 247 g/mol. The number of nitrogens with two attached hydrogens (primary N) is 2. The second kappa shape index (κ2) is 7.51. The first-order valence-corrected chi connectivity index (χ1v) is 6.62. The smallest absolute Gasteiger partial charge is 0.240 e. The molecule has 0 rings (SSSR count). The second-order valence-electron chi connectivity index (χ2n) is 3.91. The van der Waals surface area contributed by atoms with Gasteiger partial charge in [0.1, 0.15) is 0 Å². The molecule has 0 saturated carbocycles. The largest absolute Gasteiger partial charge is 0.368 e. The summed E-state index contributed by atoms with van der Waals surface area (Å²) in [5.41, 5.74) is 10.9. The molecule has 5 nitrogen and oxygen atoms in total. The molecule has 0 unspecified atom stereocenters. The molecule has 94 valence electrons. The van der Waals surface area contributed by atoms with Gasteiger partial charge in [0.2, 0.25) is 11.8 Å². The van der Waals surface area contributed by atoms with E-state index in [9.17, 15) is 9.59 Å². The fourth-order valence-electron chi connectivity index (χ4n) is 1.26. The van der Waals surface area contributed by atoms with Crippen molar-refractivity contribution in [3.05, 3.63) is 0 Å². The molecule has 0 aliphatic heterocycles. The van der Waals surface area contributed by atoms with Crippen molar-refractivity contribution < 1.29 is 9.59 Å². The lowest BCUT2D eigenvalue weighted by molar-refractivity contribution is -0.138. The summed E-state index contributed by atoms with van der Waals surface area (Å²) in [7, 11) is 0. The zero-order valence-electron chi connectivity index (χ0n) is 10.1. The highest BCUT2D eigenvalue weighted by Gasteiger charge is 2.23. The van der Waals surface area contributed by atoms with Crippen LogP contribution in [0.5, 0.6) is 0 Å². The Morgan fingerprint density at radius 1 is 1.38 bits per heavy atom. The average Bonchev–Trinajstić information content (AvgIpc) is 2.20. The van der Waals surface area contributed by atoms with Crippen LogP contribution < -0.4 is 11.5 Å². The highest BCUT2D eigenvalue weighted by Crippen LogP contribution is 2.05. The van der Waals surface area contributed by atoms with Gasteiger partial charge >= 0.3 is 0 Å². The van der Waals surface area contributed by atoms with Gasteiger partial charge in [-0.2, -0.15) is 11.8 Å². The zero-order valence-corrected chi connectivity index (χ0v) is 10.9. The van der Waals surface area contributed by atoms with Gasteiger partial charge < -0.3 is 16.4 Å². The molecule has 0 aromatic carbocycles. The van der Waals surface area contributed by atoms with Crippen LogP contribution in [0.2, 0.25) is 0 Å². The quantitative estimate of drug-likeness (QED) is 0.651. The molecule has 0 aliphatic rings. The van der Waals surface area contributed by atoms with Crippen LogP contribution in [0, 0.1) is 0 Å². The van der Waals surface area contributed by atoms with E-state index >= 15 is 0 Å². The van der Waals surface area contributed by atoms with E-state index in [1.807, 2.05) is 20.1 Å². The van der Waals surface area contributed by atoms with Gasteiger partial charge in [-0.3, -0.25) is 9.59 Å². The highest BCUT2D eigenvalue weighted by molar-refractivity contribution is 7.98. The van der Waals surface area contributed by atoms with Crippen LogP contribution in [-0.2, 0) is 9.59 Å². The first-order chi connectivity index (χ1) is 7.40. The van der Waals surface area contributed by atoms with Crippen LogP contribution in [0.4, 0.5) is 0 Å². The summed E-state index contributed by atoms with van der Waals surface area (Å²) < 4.78 is 0. The lowest BCUT2D eigenvalue weighted by Gasteiger charge is -2.28. The van der Waals surface area contributed by atoms with Gasteiger partial charge in [0.15, 0.2) is 0 Å². The predicted octanol–water partition coefficient (Wildman–Crippen LogP) is -0.211. The van der Waals surface area contributed by atoms with Crippen molar-refractivity contribution >= 4 is 23.6 Å². The number of hydrogen-bond donors (Lipinski definition) is 2. The summed E-state index contributed by atoms with van der Waals surface area (Å²) in [6.45, 7) is 3.60. The van der Waals surface area contributed by atoms with Gasteiger partial charge in [-0.25, -0.2) is 0 Å². The van der Waals surface area contributed by atoms with E-state index in [1.165, 1.54) is 4.90 Å². The normalized spacial score (nSPS) is 12.6. The molecule has 0 aromatic heterocycles. The van der Waals surface area contributed by atoms with Crippen molar-refractivity contribution in [3.8, 4) is 0 Å². The van der Waals surface area contributed by atoms with Gasteiger partial charge in [-0.05, 0) is 32.3 Å². The Balaban J connectivity index is 4.42. The third-order valence-corrected chi connectivity index (χ3v) is 2.83. The Morgan fingerprint density at radius 2 is 1.94 bits per heavy atom. The number of carbonyl (C=O) groups excluding carboxylic acids is 2. The molecule has 6 heteroatoms. The van der Waals surface area contributed by atoms with Crippen LogP contribution in [0.3, 0.4) is 0 Å². The van der Waals surface area contributed by atoms with Gasteiger partial charge in [-0.1, -0.05) is 0 Å². The number of primary amides is 1. The molecule has 0 bridgehead atoms. The van der Waals surface area contributed by atoms with Crippen LogP contribution >= 0.6 is 11.8 Å². The van der Waals surface area contributed by atoms with E-state index in [0.29, 0.717) is 6.42 Å². The zero-order chi connectivity index (χ0) is 12.7. The third-order valence-electron chi connectivity index (χ3n) is 2.18. The first kappa shape index (κ1) is 15.2. The molecular weight excluding hydrogens is 226 g/mol. The monoisotopic (exact) mass is 247 g/mol. The maximum Gasteiger partial charge on any atom is 0.240 e. The van der Waals surface area contributed by atoms with Crippen molar-refractivity contribution in [2.24, 2.45) is 11.5 Å². The molecule has 4 N–H and O–H groups in total. The molecule has 0 radical (unpaired) electrons. The van der Waals surface area contributed by atoms with Gasteiger partial charge in [0.05, 0.1) is 12.6 Å². The fourth-order valence-corrected chi connectivity index (χ4v) is 1.75. The summed E-state index contributed by atoms with van der Waals surface area (Å²) in [4.78, 5) is 24.2. The molecule has 0 spiro atoms. The number of rotatable bonds is 7. The predicted molar refractivity (Wildman–Crippen MR) is 67.0 cm³/mol. The lowest BCUT2D eigenvalue weighted by Crippen LogP contribution is -2.50. The molecule has 0 heterocycles. The molecule has 2 amide bonds. The van der Waals surface area contributed by atoms with Crippen LogP contribution in [0.1, 0.15) is 20.3 Å². The lowest BCUT2D eigenvalue weighted by atomic mass is 10.2. The van der Waals surface area contributed by atoms with Gasteiger partial charge in [-0.15, -0.1) is 0 Å². The maximum atomic E-state index is 11.9. The van der Waals surface area contributed by atoms with Crippen molar-refractivity contribution in [3.63, 3.8) is 0 Å². The Labute approximate surface area is 101 Å². The number of nitrogens with zero attached hydrogens (tertiary/aromatic N) is 1. The minimum absolute atomic E-state index is 0.0660. The van der Waals surface area contributed by atoms with E-state index in [-0.39, 0.29) is 18.5 Å². The molecular formula is C10H21N3O2S. The van der Waals surface area contributed by atoms with Gasteiger partial charge in [0, 0.05) is 6.04 Å². The Hall–Kier alpha value is -0.750. The molecule has 0 aromatic rings. The van der Waals surface area contributed by atoms with Crippen LogP contribution in [-0.4, -0.2) is 47.4 Å². The summed E-state index contributed by atoms with van der Waals surface area (Å²) in [6, 6.07) is -0.616. The van der Waals surface area contributed by atoms with Crippen molar-refractivity contribution in [1.82, 2.24) is 4.90 Å². The minimum Gasteiger partial charge on any atom is -0.368 e. The first-order valence-electron chi connectivity index (χ1n) is 5.23. The number of carbonyl (C=O) groups is 2. The van der Waals surface area contributed by atoms with Crippen molar-refractivity contribution in [2.75, 3.05) is 18.6 Å². The minimum atomic E-state index is -0.547. The summed E-state index contributed by atoms with van der Waals surface area (Å²) in [6.07, 6.45) is 2.57. The highest BCUT2D eigenvalue weighted by atomic mass is 32.2. The molecule has 0 fully saturated rings. The number of amides is 2. The summed E-state index contributed by atoms with van der Waals surface area (Å²) in [5.74, 6) is 0.108. The standard InChI is InChI=1S/C10H21N3O2S/c1-7(2)13(6-9(12)14)10(15)8(11)4-5-16-3/h7-8H,4-6,11H2,1-3H3,(H2,12,14)/t8-/m0/s1. The van der Waals surface area contributed by atoms with Crippen molar-refractivity contribution in [2.45, 2.75) is 32.4 Å². The van der Waals surface area contributed by atoms with E-state index in [2.05, 4.69) is 0 Å². The third kappa shape index (κ3) is 5.37. The van der Waals surface area contributed by atoms with E-state index in [4.69, 9.17) is 11.5 Å². The summed E-state index contributed by atoms with van der Waals surface area (Å²) >= 11 is 1.64. The number of hydrogen-bond acceptors (Lipinski definition) is 4. The molecule has 0 saturated heterocycles. The maximum absolute atomic E-state index is 11.9. The van der Waals surface area contributed by atoms with Crippen LogP contribution in [0.25, 0.3) is 0 Å². The number of thioether (sulfide) groups is 1.